The summed E-state index contributed by atoms with van der Waals surface area (Å²) in [6.45, 7) is 3.87. The predicted octanol–water partition coefficient (Wildman–Crippen LogP) is 0.504. The topological polar surface area (TPSA) is 98.0 Å². The van der Waals surface area contributed by atoms with Crippen LogP contribution in [0.25, 0.3) is 0 Å². The van der Waals surface area contributed by atoms with Gasteiger partial charge in [-0.3, -0.25) is 0 Å². The van der Waals surface area contributed by atoms with E-state index in [2.05, 4.69) is 9.97 Å². The van der Waals surface area contributed by atoms with Crippen LogP contribution in [0, 0.1) is 0 Å². The van der Waals surface area contributed by atoms with Crippen LogP contribution in [-0.4, -0.2) is 26.4 Å². The molecule has 78 valence electrons. The van der Waals surface area contributed by atoms with Crippen molar-refractivity contribution in [3.05, 3.63) is 6.07 Å². The van der Waals surface area contributed by atoms with Crippen molar-refractivity contribution in [2.75, 3.05) is 18.1 Å². The van der Waals surface area contributed by atoms with Gasteiger partial charge in [0.1, 0.15) is 10.8 Å². The van der Waals surface area contributed by atoms with Crippen molar-refractivity contribution in [2.24, 2.45) is 0 Å². The Balaban J connectivity index is 2.87. The number of hydrogen-bond acceptors (Lipinski definition) is 6. The zero-order valence-electron chi connectivity index (χ0n) is 8.19. The number of anilines is 2. The second-order valence-corrected chi connectivity index (χ2v) is 5.24. The number of aliphatic hydroxyl groups is 1. The zero-order chi connectivity index (χ0) is 10.8. The molecule has 0 saturated carbocycles. The Morgan fingerprint density at radius 2 is 2.07 bits per heavy atom. The first-order valence-corrected chi connectivity index (χ1v) is 4.94. The Labute approximate surface area is 86.9 Å². The number of nitrogens with two attached hydrogens (primary N) is 2. The van der Waals surface area contributed by atoms with Crippen LogP contribution in [0.5, 0.6) is 0 Å². The van der Waals surface area contributed by atoms with E-state index in [1.807, 2.05) is 13.8 Å². The summed E-state index contributed by atoms with van der Waals surface area (Å²) in [6, 6.07) is 1.64. The SMILES string of the molecule is CC(C)(CO)Sc1cc(N)nc(N)n1. The summed E-state index contributed by atoms with van der Waals surface area (Å²) in [6.07, 6.45) is 0. The smallest absolute Gasteiger partial charge is 0.223 e. The van der Waals surface area contributed by atoms with Gasteiger partial charge in [-0.1, -0.05) is 11.8 Å². The summed E-state index contributed by atoms with van der Waals surface area (Å²) in [5.41, 5.74) is 11.0. The Bertz CT molecular complexity index is 309. The fraction of sp³-hybridized carbons (Fsp3) is 0.500. The van der Waals surface area contributed by atoms with Crippen LogP contribution >= 0.6 is 11.8 Å². The fourth-order valence-corrected chi connectivity index (χ4v) is 1.78. The normalized spacial score (nSPS) is 11.6. The molecular formula is C8H14N4OS. The van der Waals surface area contributed by atoms with Gasteiger partial charge >= 0.3 is 0 Å². The van der Waals surface area contributed by atoms with Gasteiger partial charge in [0.15, 0.2) is 0 Å². The van der Waals surface area contributed by atoms with Crippen molar-refractivity contribution in [1.82, 2.24) is 9.97 Å². The van der Waals surface area contributed by atoms with Gasteiger partial charge in [0.25, 0.3) is 0 Å². The number of nitrogen functional groups attached to an aromatic ring is 2. The van der Waals surface area contributed by atoms with Crippen molar-refractivity contribution in [3.8, 4) is 0 Å². The summed E-state index contributed by atoms with van der Waals surface area (Å²) < 4.78 is -0.298. The van der Waals surface area contributed by atoms with Crippen molar-refractivity contribution in [2.45, 2.75) is 23.6 Å². The van der Waals surface area contributed by atoms with Gasteiger partial charge in [0, 0.05) is 10.8 Å². The third kappa shape index (κ3) is 3.04. The highest BCUT2D eigenvalue weighted by molar-refractivity contribution is 8.00. The van der Waals surface area contributed by atoms with Crippen LogP contribution in [0.2, 0.25) is 0 Å². The standard InChI is InChI=1S/C8H14N4OS/c1-8(2,4-13)14-6-3-5(9)11-7(10)12-6/h3,13H,4H2,1-2H3,(H4,9,10,11,12). The van der Waals surface area contributed by atoms with Gasteiger partial charge in [0.05, 0.1) is 6.61 Å². The Hall–Kier alpha value is -1.01. The quantitative estimate of drug-likeness (QED) is 0.501. The van der Waals surface area contributed by atoms with Crippen LogP contribution in [0.1, 0.15) is 13.8 Å². The number of rotatable bonds is 3. The van der Waals surface area contributed by atoms with E-state index in [9.17, 15) is 0 Å². The lowest BCUT2D eigenvalue weighted by Crippen LogP contribution is -2.20. The lowest BCUT2D eigenvalue weighted by molar-refractivity contribution is 0.265. The summed E-state index contributed by atoms with van der Waals surface area (Å²) in [7, 11) is 0. The molecule has 1 aromatic heterocycles. The van der Waals surface area contributed by atoms with E-state index in [1.165, 1.54) is 11.8 Å². The van der Waals surface area contributed by atoms with E-state index in [4.69, 9.17) is 16.6 Å². The van der Waals surface area contributed by atoms with E-state index in [0.29, 0.717) is 10.8 Å². The maximum absolute atomic E-state index is 9.07. The third-order valence-corrected chi connectivity index (χ3v) is 2.60. The van der Waals surface area contributed by atoms with E-state index in [0.717, 1.165) is 0 Å². The molecule has 0 fully saturated rings. The van der Waals surface area contributed by atoms with Crippen LogP contribution in [0.4, 0.5) is 11.8 Å². The van der Waals surface area contributed by atoms with E-state index >= 15 is 0 Å². The molecule has 0 aromatic carbocycles. The van der Waals surface area contributed by atoms with Crippen molar-refractivity contribution < 1.29 is 5.11 Å². The molecule has 0 unspecified atom stereocenters. The van der Waals surface area contributed by atoms with Gasteiger partial charge in [-0.25, -0.2) is 4.98 Å². The average molecular weight is 214 g/mol. The first-order chi connectivity index (χ1) is 6.43. The molecule has 5 nitrogen and oxygen atoms in total. The Morgan fingerprint density at radius 3 is 2.57 bits per heavy atom. The highest BCUT2D eigenvalue weighted by atomic mass is 32.2. The molecule has 14 heavy (non-hydrogen) atoms. The highest BCUT2D eigenvalue weighted by Gasteiger charge is 2.19. The number of aliphatic hydroxyl groups excluding tert-OH is 1. The Kier molecular flexibility index (Phi) is 3.17. The molecule has 0 aliphatic carbocycles. The first-order valence-electron chi connectivity index (χ1n) is 4.13. The fourth-order valence-electron chi connectivity index (χ4n) is 0.829. The number of aromatic nitrogens is 2. The molecule has 1 aromatic rings. The first kappa shape index (κ1) is 11.1. The molecular weight excluding hydrogens is 200 g/mol. The van der Waals surface area contributed by atoms with Gasteiger partial charge in [0.2, 0.25) is 5.95 Å². The number of hydrogen-bond donors (Lipinski definition) is 3. The minimum absolute atomic E-state index is 0.0570. The molecule has 0 bridgehead atoms. The molecule has 0 amide bonds. The second kappa shape index (κ2) is 4.02. The monoisotopic (exact) mass is 214 g/mol. The highest BCUT2D eigenvalue weighted by Crippen LogP contribution is 2.31. The van der Waals surface area contributed by atoms with Crippen LogP contribution < -0.4 is 11.5 Å². The van der Waals surface area contributed by atoms with E-state index in [-0.39, 0.29) is 17.3 Å². The summed E-state index contributed by atoms with van der Waals surface area (Å²) in [5, 5.41) is 9.74. The molecule has 0 saturated heterocycles. The molecule has 0 spiro atoms. The minimum atomic E-state index is -0.298. The predicted molar refractivity (Wildman–Crippen MR) is 57.9 cm³/mol. The molecule has 0 atom stereocenters. The van der Waals surface area contributed by atoms with Crippen LogP contribution in [0.15, 0.2) is 11.1 Å². The molecule has 1 heterocycles. The van der Waals surface area contributed by atoms with Gasteiger partial charge in [-0.2, -0.15) is 4.98 Å². The lowest BCUT2D eigenvalue weighted by Gasteiger charge is -2.19. The zero-order valence-corrected chi connectivity index (χ0v) is 9.01. The van der Waals surface area contributed by atoms with Gasteiger partial charge in [-0.15, -0.1) is 0 Å². The summed E-state index contributed by atoms with van der Waals surface area (Å²) in [5.74, 6) is 0.495. The number of nitrogens with zero attached hydrogens (tertiary/aromatic N) is 2. The van der Waals surface area contributed by atoms with Crippen LogP contribution in [-0.2, 0) is 0 Å². The van der Waals surface area contributed by atoms with E-state index in [1.54, 1.807) is 6.07 Å². The minimum Gasteiger partial charge on any atom is -0.395 e. The molecule has 5 N–H and O–H groups in total. The molecule has 0 radical (unpaired) electrons. The van der Waals surface area contributed by atoms with Crippen molar-refractivity contribution in [1.29, 1.82) is 0 Å². The van der Waals surface area contributed by atoms with Gasteiger partial charge in [-0.05, 0) is 13.8 Å². The maximum atomic E-state index is 9.07. The third-order valence-electron chi connectivity index (χ3n) is 1.50. The molecule has 0 aliphatic rings. The lowest BCUT2D eigenvalue weighted by atomic mass is 10.2. The number of thioether (sulfide) groups is 1. The van der Waals surface area contributed by atoms with E-state index < -0.39 is 0 Å². The molecule has 1 rings (SSSR count). The van der Waals surface area contributed by atoms with Crippen molar-refractivity contribution >= 4 is 23.5 Å². The Morgan fingerprint density at radius 1 is 1.43 bits per heavy atom. The van der Waals surface area contributed by atoms with Crippen LogP contribution in [0.3, 0.4) is 0 Å². The summed E-state index contributed by atoms with van der Waals surface area (Å²) in [4.78, 5) is 7.76. The average Bonchev–Trinajstić information content (AvgIpc) is 2.01. The maximum Gasteiger partial charge on any atom is 0.223 e. The largest absolute Gasteiger partial charge is 0.395 e. The molecule has 6 heteroatoms. The summed E-state index contributed by atoms with van der Waals surface area (Å²) >= 11 is 1.41. The molecule has 0 aliphatic heterocycles. The van der Waals surface area contributed by atoms with Gasteiger partial charge < -0.3 is 16.6 Å². The second-order valence-electron chi connectivity index (χ2n) is 3.51. The van der Waals surface area contributed by atoms with Crippen molar-refractivity contribution in [3.63, 3.8) is 0 Å².